The highest BCUT2D eigenvalue weighted by Gasteiger charge is 2.35. The van der Waals surface area contributed by atoms with Crippen molar-refractivity contribution in [2.45, 2.75) is 32.9 Å². The number of hydrogen-bond acceptors (Lipinski definition) is 4. The van der Waals surface area contributed by atoms with Crippen molar-refractivity contribution in [1.82, 2.24) is 5.32 Å². The molecule has 0 heterocycles. The number of para-hydroxylation sites is 1. The monoisotopic (exact) mass is 322 g/mol. The van der Waals surface area contributed by atoms with E-state index in [9.17, 15) is 14.4 Å². The first-order valence-electron chi connectivity index (χ1n) is 7.25. The third-order valence-corrected chi connectivity index (χ3v) is 3.31. The highest BCUT2D eigenvalue weighted by Crippen LogP contribution is 2.22. The van der Waals surface area contributed by atoms with Crippen molar-refractivity contribution in [2.75, 3.05) is 12.0 Å². The molecule has 0 fully saturated rings. The number of carboxylic acids is 1. The van der Waals surface area contributed by atoms with E-state index in [0.717, 1.165) is 0 Å². The number of anilines is 1. The van der Waals surface area contributed by atoms with E-state index >= 15 is 0 Å². The molecule has 0 bridgehead atoms. The topological polar surface area (TPSA) is 95.9 Å². The third-order valence-electron chi connectivity index (χ3n) is 3.31. The van der Waals surface area contributed by atoms with Crippen LogP contribution < -0.4 is 10.2 Å². The number of ether oxygens (including phenoxy) is 1. The van der Waals surface area contributed by atoms with Gasteiger partial charge in [0.1, 0.15) is 12.1 Å². The van der Waals surface area contributed by atoms with Gasteiger partial charge >= 0.3 is 12.1 Å². The van der Waals surface area contributed by atoms with E-state index in [4.69, 9.17) is 9.84 Å². The molecule has 0 aliphatic heterocycles. The molecule has 126 valence electrons. The summed E-state index contributed by atoms with van der Waals surface area (Å²) in [5, 5.41) is 11.3. The molecular formula is C16H22N2O5. The van der Waals surface area contributed by atoms with Crippen molar-refractivity contribution < 1.29 is 24.2 Å². The van der Waals surface area contributed by atoms with Gasteiger partial charge < -0.3 is 15.2 Å². The maximum absolute atomic E-state index is 12.5. The summed E-state index contributed by atoms with van der Waals surface area (Å²) >= 11 is 0. The lowest BCUT2D eigenvalue weighted by Crippen LogP contribution is -2.55. The van der Waals surface area contributed by atoms with Gasteiger partial charge in [0.05, 0.1) is 7.11 Å². The van der Waals surface area contributed by atoms with Gasteiger partial charge in [-0.25, -0.2) is 4.79 Å². The zero-order valence-electron chi connectivity index (χ0n) is 13.6. The Morgan fingerprint density at radius 2 is 1.70 bits per heavy atom. The van der Waals surface area contributed by atoms with E-state index in [1.165, 1.54) is 18.9 Å². The van der Waals surface area contributed by atoms with Crippen LogP contribution in [-0.4, -0.2) is 42.3 Å². The van der Waals surface area contributed by atoms with Gasteiger partial charge in [0, 0.05) is 5.69 Å². The van der Waals surface area contributed by atoms with E-state index in [1.807, 2.05) is 0 Å². The third kappa shape index (κ3) is 4.70. The molecule has 0 aromatic heterocycles. The number of carbonyl (C=O) groups is 3. The standard InChI is InChI=1S/C16H22N2O5/c1-10(2)13(14(19)17-11(3)15(20)21)18(16(22)23-4)12-8-6-5-7-9-12/h5-11,13H,1-4H3,(H,17,19)(H,20,21)/t11-,13-/m0/s1. The highest BCUT2D eigenvalue weighted by atomic mass is 16.5. The van der Waals surface area contributed by atoms with Crippen LogP contribution in [0, 0.1) is 5.92 Å². The minimum atomic E-state index is -1.15. The van der Waals surface area contributed by atoms with Crippen LogP contribution in [0.4, 0.5) is 10.5 Å². The molecule has 2 N–H and O–H groups in total. The molecule has 1 aromatic rings. The zero-order valence-corrected chi connectivity index (χ0v) is 13.6. The van der Waals surface area contributed by atoms with Gasteiger partial charge in [-0.2, -0.15) is 0 Å². The number of benzene rings is 1. The second-order valence-electron chi connectivity index (χ2n) is 5.43. The second-order valence-corrected chi connectivity index (χ2v) is 5.43. The molecule has 0 saturated carbocycles. The minimum absolute atomic E-state index is 0.254. The average Bonchev–Trinajstić information content (AvgIpc) is 2.51. The Morgan fingerprint density at radius 1 is 1.13 bits per heavy atom. The first kappa shape index (κ1) is 18.5. The van der Waals surface area contributed by atoms with Crippen molar-refractivity contribution in [3.05, 3.63) is 30.3 Å². The summed E-state index contributed by atoms with van der Waals surface area (Å²) in [6.07, 6.45) is -0.687. The summed E-state index contributed by atoms with van der Waals surface area (Å²) in [5.74, 6) is -1.95. The van der Waals surface area contributed by atoms with E-state index in [1.54, 1.807) is 44.2 Å². The van der Waals surface area contributed by atoms with Crippen molar-refractivity contribution in [2.24, 2.45) is 5.92 Å². The molecule has 0 saturated heterocycles. The number of methoxy groups -OCH3 is 1. The summed E-state index contributed by atoms with van der Waals surface area (Å²) in [6.45, 7) is 4.91. The van der Waals surface area contributed by atoms with Crippen molar-refractivity contribution in [3.8, 4) is 0 Å². The SMILES string of the molecule is COC(=O)N(c1ccccc1)[C@H](C(=O)N[C@@H](C)C(=O)O)C(C)C. The number of hydrogen-bond donors (Lipinski definition) is 2. The minimum Gasteiger partial charge on any atom is -0.480 e. The molecule has 2 atom stereocenters. The number of aliphatic carboxylic acids is 1. The van der Waals surface area contributed by atoms with Gasteiger partial charge in [-0.3, -0.25) is 14.5 Å². The zero-order chi connectivity index (χ0) is 17.6. The van der Waals surface area contributed by atoms with Crippen LogP contribution in [-0.2, 0) is 14.3 Å². The Bertz CT molecular complexity index is 559. The smallest absolute Gasteiger partial charge is 0.414 e. The van der Waals surface area contributed by atoms with Gasteiger partial charge in [-0.1, -0.05) is 32.0 Å². The van der Waals surface area contributed by atoms with Crippen LogP contribution in [0.5, 0.6) is 0 Å². The number of nitrogens with zero attached hydrogens (tertiary/aromatic N) is 1. The molecule has 2 amide bonds. The maximum Gasteiger partial charge on any atom is 0.414 e. The van der Waals surface area contributed by atoms with E-state index in [-0.39, 0.29) is 5.92 Å². The number of carboxylic acid groups (broad SMARTS) is 1. The lowest BCUT2D eigenvalue weighted by atomic mass is 10.0. The van der Waals surface area contributed by atoms with Crippen molar-refractivity contribution in [3.63, 3.8) is 0 Å². The molecule has 1 rings (SSSR count). The normalized spacial score (nSPS) is 13.1. The fraction of sp³-hybridized carbons (Fsp3) is 0.438. The van der Waals surface area contributed by atoms with E-state index < -0.39 is 30.1 Å². The number of carbonyl (C=O) groups excluding carboxylic acids is 2. The lowest BCUT2D eigenvalue weighted by molar-refractivity contribution is -0.141. The molecule has 0 unspecified atom stereocenters. The summed E-state index contributed by atoms with van der Waals surface area (Å²) in [6, 6.07) is 6.67. The molecule has 7 heteroatoms. The summed E-state index contributed by atoms with van der Waals surface area (Å²) in [5.41, 5.74) is 0.496. The Labute approximate surface area is 135 Å². The van der Waals surface area contributed by atoms with Crippen molar-refractivity contribution in [1.29, 1.82) is 0 Å². The maximum atomic E-state index is 12.5. The van der Waals surface area contributed by atoms with E-state index in [2.05, 4.69) is 5.32 Å². The quantitative estimate of drug-likeness (QED) is 0.833. The van der Waals surface area contributed by atoms with Crippen LogP contribution in [0.25, 0.3) is 0 Å². The predicted octanol–water partition coefficient (Wildman–Crippen LogP) is 1.87. The molecular weight excluding hydrogens is 300 g/mol. The molecule has 0 aliphatic rings. The fourth-order valence-electron chi connectivity index (χ4n) is 2.15. The van der Waals surface area contributed by atoms with Gasteiger partial charge in [0.25, 0.3) is 0 Å². The first-order chi connectivity index (χ1) is 10.8. The lowest BCUT2D eigenvalue weighted by Gasteiger charge is -2.32. The predicted molar refractivity (Wildman–Crippen MR) is 85.2 cm³/mol. The average molecular weight is 322 g/mol. The Hall–Kier alpha value is -2.57. The molecule has 0 spiro atoms. The van der Waals surface area contributed by atoms with Crippen molar-refractivity contribution >= 4 is 23.7 Å². The Morgan fingerprint density at radius 3 is 2.13 bits per heavy atom. The van der Waals surface area contributed by atoms with Gasteiger partial charge in [-0.05, 0) is 25.0 Å². The number of rotatable bonds is 6. The largest absolute Gasteiger partial charge is 0.480 e. The van der Waals surface area contributed by atoms with Crippen LogP contribution in [0.1, 0.15) is 20.8 Å². The molecule has 1 aromatic carbocycles. The summed E-state index contributed by atoms with van der Waals surface area (Å²) in [4.78, 5) is 36.9. The molecule has 0 aliphatic carbocycles. The van der Waals surface area contributed by atoms with Crippen LogP contribution in [0.2, 0.25) is 0 Å². The van der Waals surface area contributed by atoms with Gasteiger partial charge in [-0.15, -0.1) is 0 Å². The Kier molecular flexibility index (Phi) is 6.56. The van der Waals surface area contributed by atoms with E-state index in [0.29, 0.717) is 5.69 Å². The summed E-state index contributed by atoms with van der Waals surface area (Å²) < 4.78 is 4.79. The number of amides is 2. The van der Waals surface area contributed by atoms with Gasteiger partial charge in [0.15, 0.2) is 0 Å². The highest BCUT2D eigenvalue weighted by molar-refractivity contribution is 5.98. The fourth-order valence-corrected chi connectivity index (χ4v) is 2.15. The number of nitrogens with one attached hydrogen (secondary N) is 1. The van der Waals surface area contributed by atoms with Crippen LogP contribution in [0.3, 0.4) is 0 Å². The molecule has 23 heavy (non-hydrogen) atoms. The Balaban J connectivity index is 3.18. The summed E-state index contributed by atoms with van der Waals surface area (Å²) in [7, 11) is 1.23. The van der Waals surface area contributed by atoms with Crippen LogP contribution in [0.15, 0.2) is 30.3 Å². The second kappa shape index (κ2) is 8.17. The van der Waals surface area contributed by atoms with Gasteiger partial charge in [0.2, 0.25) is 5.91 Å². The van der Waals surface area contributed by atoms with Crippen LogP contribution >= 0.6 is 0 Å². The molecule has 7 nitrogen and oxygen atoms in total. The molecule has 0 radical (unpaired) electrons. The first-order valence-corrected chi connectivity index (χ1v) is 7.25.